The molecule has 5 nitrogen and oxygen atoms in total. The van der Waals surface area contributed by atoms with E-state index in [2.05, 4.69) is 5.32 Å². The number of aryl methyl sites for hydroxylation is 1. The van der Waals surface area contributed by atoms with Crippen LogP contribution < -0.4 is 10.8 Å². The molecule has 1 saturated heterocycles. The molecule has 1 amide bonds. The average molecular weight is 333 g/mol. The van der Waals surface area contributed by atoms with Crippen LogP contribution in [-0.4, -0.2) is 29.5 Å². The van der Waals surface area contributed by atoms with E-state index in [-0.39, 0.29) is 0 Å². The van der Waals surface area contributed by atoms with Gasteiger partial charge in [-0.05, 0) is 57.6 Å². The molecule has 1 aliphatic heterocycles. The van der Waals surface area contributed by atoms with E-state index in [1.165, 1.54) is 11.3 Å². The molecule has 0 aliphatic carbocycles. The standard InChI is InChI=1S/C16H20BNO4S/c1-9-6-7-11-10(8-12(23-11)18-14(19)20)13(9)17-21-15(2,3)16(4,5)22-17/h6-8,18H,1-5H3,(H,19,20). The van der Waals surface area contributed by atoms with Gasteiger partial charge in [-0.15, -0.1) is 11.3 Å². The maximum Gasteiger partial charge on any atom is 0.495 e. The molecular weight excluding hydrogens is 313 g/mol. The Balaban J connectivity index is 2.08. The van der Waals surface area contributed by atoms with Crippen molar-refractivity contribution in [2.45, 2.75) is 45.8 Å². The Morgan fingerprint density at radius 1 is 1.22 bits per heavy atom. The van der Waals surface area contributed by atoms with Gasteiger partial charge in [0, 0.05) is 4.70 Å². The van der Waals surface area contributed by atoms with E-state index in [0.29, 0.717) is 5.00 Å². The number of hydrogen-bond donors (Lipinski definition) is 2. The fourth-order valence-electron chi connectivity index (χ4n) is 2.68. The SMILES string of the molecule is Cc1ccc2sc(NC(=O)O)cc2c1B1OC(C)(C)C(C)(C)O1. The summed E-state index contributed by atoms with van der Waals surface area (Å²) in [4.78, 5) is 10.9. The van der Waals surface area contributed by atoms with Crippen molar-refractivity contribution in [3.8, 4) is 0 Å². The van der Waals surface area contributed by atoms with Crippen molar-refractivity contribution in [3.63, 3.8) is 0 Å². The van der Waals surface area contributed by atoms with Crippen molar-refractivity contribution >= 4 is 45.1 Å². The second-order valence-corrected chi connectivity index (χ2v) is 7.92. The molecule has 0 saturated carbocycles. The average Bonchev–Trinajstić information content (AvgIpc) is 2.86. The Kier molecular flexibility index (Phi) is 3.70. The molecular formula is C16H20BNO4S. The van der Waals surface area contributed by atoms with Gasteiger partial charge < -0.3 is 14.4 Å². The van der Waals surface area contributed by atoms with Gasteiger partial charge in [0.05, 0.1) is 16.2 Å². The van der Waals surface area contributed by atoms with E-state index in [4.69, 9.17) is 14.4 Å². The van der Waals surface area contributed by atoms with Gasteiger partial charge in [0.25, 0.3) is 0 Å². The van der Waals surface area contributed by atoms with Gasteiger partial charge in [0.15, 0.2) is 0 Å². The summed E-state index contributed by atoms with van der Waals surface area (Å²) in [5.41, 5.74) is 1.21. The summed E-state index contributed by atoms with van der Waals surface area (Å²) >= 11 is 1.40. The summed E-state index contributed by atoms with van der Waals surface area (Å²) in [5, 5.41) is 12.9. The number of fused-ring (bicyclic) bond motifs is 1. The van der Waals surface area contributed by atoms with Gasteiger partial charge in [0.1, 0.15) is 0 Å². The molecule has 2 aromatic rings. The fourth-order valence-corrected chi connectivity index (χ4v) is 3.65. The number of rotatable bonds is 2. The maximum absolute atomic E-state index is 10.9. The smallest absolute Gasteiger partial charge is 0.465 e. The lowest BCUT2D eigenvalue weighted by Crippen LogP contribution is -2.41. The third kappa shape index (κ3) is 2.73. The van der Waals surface area contributed by atoms with Gasteiger partial charge in [-0.2, -0.15) is 0 Å². The zero-order chi connectivity index (χ0) is 17.0. The Labute approximate surface area is 139 Å². The molecule has 0 atom stereocenters. The lowest BCUT2D eigenvalue weighted by molar-refractivity contribution is 0.00578. The largest absolute Gasteiger partial charge is 0.495 e. The van der Waals surface area contributed by atoms with Gasteiger partial charge in [-0.25, -0.2) is 4.79 Å². The Morgan fingerprint density at radius 3 is 2.39 bits per heavy atom. The molecule has 23 heavy (non-hydrogen) atoms. The van der Waals surface area contributed by atoms with Crippen LogP contribution in [0.15, 0.2) is 18.2 Å². The summed E-state index contributed by atoms with van der Waals surface area (Å²) in [7, 11) is -0.462. The lowest BCUT2D eigenvalue weighted by atomic mass is 9.74. The summed E-state index contributed by atoms with van der Waals surface area (Å²) in [6, 6.07) is 5.86. The minimum absolute atomic E-state index is 0.412. The number of amides is 1. The number of nitrogens with one attached hydrogen (secondary N) is 1. The molecule has 2 N–H and O–H groups in total. The molecule has 1 aromatic heterocycles. The molecule has 0 unspecified atom stereocenters. The Hall–Kier alpha value is -1.57. The number of hydrogen-bond acceptors (Lipinski definition) is 4. The van der Waals surface area contributed by atoms with Crippen LogP contribution >= 0.6 is 11.3 Å². The van der Waals surface area contributed by atoms with Crippen LogP contribution in [0.4, 0.5) is 9.80 Å². The normalized spacial score (nSPS) is 19.3. The first-order valence-corrected chi connectivity index (χ1v) is 8.31. The molecule has 0 spiro atoms. The monoisotopic (exact) mass is 333 g/mol. The van der Waals surface area contributed by atoms with E-state index >= 15 is 0 Å². The second-order valence-electron chi connectivity index (χ2n) is 6.84. The summed E-state index contributed by atoms with van der Waals surface area (Å²) in [5.74, 6) is 0. The molecule has 0 radical (unpaired) electrons. The summed E-state index contributed by atoms with van der Waals surface area (Å²) in [6.07, 6.45) is -1.06. The number of carbonyl (C=O) groups is 1. The number of carboxylic acid groups (broad SMARTS) is 1. The van der Waals surface area contributed by atoms with Crippen molar-refractivity contribution in [3.05, 3.63) is 23.8 Å². The third-order valence-corrected chi connectivity index (χ3v) is 5.70. The van der Waals surface area contributed by atoms with E-state index in [1.807, 2.05) is 52.8 Å². The highest BCUT2D eigenvalue weighted by atomic mass is 32.1. The van der Waals surface area contributed by atoms with Crippen LogP contribution in [0.5, 0.6) is 0 Å². The summed E-state index contributed by atoms with van der Waals surface area (Å²) in [6.45, 7) is 10.1. The first-order chi connectivity index (χ1) is 10.6. The maximum atomic E-state index is 10.9. The van der Waals surface area contributed by atoms with Gasteiger partial charge in [-0.1, -0.05) is 11.6 Å². The van der Waals surface area contributed by atoms with E-state index in [0.717, 1.165) is 21.1 Å². The molecule has 7 heteroatoms. The van der Waals surface area contributed by atoms with Gasteiger partial charge >= 0.3 is 13.2 Å². The molecule has 1 aliphatic rings. The zero-order valence-corrected chi connectivity index (χ0v) is 14.7. The lowest BCUT2D eigenvalue weighted by Gasteiger charge is -2.32. The highest BCUT2D eigenvalue weighted by molar-refractivity contribution is 7.23. The van der Waals surface area contributed by atoms with Crippen LogP contribution in [0.1, 0.15) is 33.3 Å². The van der Waals surface area contributed by atoms with Crippen LogP contribution in [0, 0.1) is 6.92 Å². The van der Waals surface area contributed by atoms with Crippen molar-refractivity contribution < 1.29 is 19.2 Å². The number of benzene rings is 1. The van der Waals surface area contributed by atoms with Crippen LogP contribution in [0.25, 0.3) is 10.1 Å². The van der Waals surface area contributed by atoms with Crippen LogP contribution in [-0.2, 0) is 9.31 Å². The number of anilines is 1. The molecule has 3 rings (SSSR count). The van der Waals surface area contributed by atoms with Crippen molar-refractivity contribution in [2.24, 2.45) is 0 Å². The van der Waals surface area contributed by atoms with Crippen molar-refractivity contribution in [2.75, 3.05) is 5.32 Å². The highest BCUT2D eigenvalue weighted by Gasteiger charge is 2.52. The van der Waals surface area contributed by atoms with Gasteiger partial charge in [-0.3, -0.25) is 5.32 Å². The Morgan fingerprint density at radius 2 is 1.83 bits per heavy atom. The first kappa shape index (κ1) is 16.3. The highest BCUT2D eigenvalue weighted by Crippen LogP contribution is 2.38. The first-order valence-electron chi connectivity index (χ1n) is 7.49. The number of thiophene rings is 1. The van der Waals surface area contributed by atoms with Crippen molar-refractivity contribution in [1.29, 1.82) is 0 Å². The predicted molar refractivity (Wildman–Crippen MR) is 93.9 cm³/mol. The zero-order valence-electron chi connectivity index (χ0n) is 13.9. The summed E-state index contributed by atoms with van der Waals surface area (Å²) < 4.78 is 13.4. The second kappa shape index (κ2) is 5.23. The minimum atomic E-state index is -1.06. The molecule has 0 bridgehead atoms. The van der Waals surface area contributed by atoms with Gasteiger partial charge in [0.2, 0.25) is 0 Å². The van der Waals surface area contributed by atoms with Crippen molar-refractivity contribution in [1.82, 2.24) is 0 Å². The third-order valence-electron chi connectivity index (χ3n) is 4.68. The fraction of sp³-hybridized carbons (Fsp3) is 0.438. The van der Waals surface area contributed by atoms with E-state index < -0.39 is 24.4 Å². The van der Waals surface area contributed by atoms with Crippen LogP contribution in [0.2, 0.25) is 0 Å². The van der Waals surface area contributed by atoms with E-state index in [1.54, 1.807) is 0 Å². The quantitative estimate of drug-likeness (QED) is 0.824. The van der Waals surface area contributed by atoms with Crippen LogP contribution in [0.3, 0.4) is 0 Å². The van der Waals surface area contributed by atoms with E-state index in [9.17, 15) is 4.79 Å². The predicted octanol–water partition coefficient (Wildman–Crippen LogP) is 3.60. The minimum Gasteiger partial charge on any atom is -0.465 e. The topological polar surface area (TPSA) is 67.8 Å². The Bertz CT molecular complexity index is 768. The molecule has 2 heterocycles. The molecule has 1 aromatic carbocycles. The molecule has 122 valence electrons. The molecule has 1 fully saturated rings.